The number of aromatic amines is 1. The number of alkyl halides is 3. The minimum absolute atomic E-state index is 0.000181. The van der Waals surface area contributed by atoms with Gasteiger partial charge in [-0.1, -0.05) is 13.0 Å². The van der Waals surface area contributed by atoms with Gasteiger partial charge in [0.15, 0.2) is 17.2 Å². The Bertz CT molecular complexity index is 1090. The smallest absolute Gasteiger partial charge is 0.417 e. The number of rotatable bonds is 3. The molecule has 3 rings (SSSR count). The second-order valence-corrected chi connectivity index (χ2v) is 9.15. The van der Waals surface area contributed by atoms with E-state index in [1.807, 2.05) is 0 Å². The van der Waals surface area contributed by atoms with Crippen molar-refractivity contribution in [3.63, 3.8) is 0 Å². The van der Waals surface area contributed by atoms with Gasteiger partial charge >= 0.3 is 6.18 Å². The van der Waals surface area contributed by atoms with Crippen LogP contribution >= 0.6 is 31.9 Å². The van der Waals surface area contributed by atoms with Crippen LogP contribution in [0.2, 0.25) is 0 Å². The van der Waals surface area contributed by atoms with E-state index >= 15 is 0 Å². The Morgan fingerprint density at radius 3 is 2.35 bits per heavy atom. The lowest BCUT2D eigenvalue weighted by molar-refractivity contribution is -0.275. The Morgan fingerprint density at radius 1 is 1.19 bits per heavy atom. The molecular formula is C20H18Br2F5NO3. The minimum atomic E-state index is -4.78. The molecule has 11 heteroatoms. The van der Waals surface area contributed by atoms with Gasteiger partial charge in [0.25, 0.3) is 0 Å². The van der Waals surface area contributed by atoms with Crippen LogP contribution in [0.4, 0.5) is 22.0 Å². The summed E-state index contributed by atoms with van der Waals surface area (Å²) >= 11 is 6.28. The second-order valence-electron chi connectivity index (χ2n) is 7.56. The third kappa shape index (κ3) is 3.72. The van der Waals surface area contributed by atoms with Gasteiger partial charge in [0.1, 0.15) is 6.10 Å². The fraction of sp³-hybridized carbons (Fsp3) is 0.450. The minimum Gasteiger partial charge on any atom is -0.493 e. The van der Waals surface area contributed by atoms with Gasteiger partial charge in [0.2, 0.25) is 11.2 Å². The molecule has 1 aliphatic rings. The SMILES string of the molecule is COc1c([C@H]2[C@H](c3[nH]c(C)c(Br)c(=O)c3Br)O[C@@](C)(C(F)(F)F)[C@H]2C)ccc(F)c1F. The van der Waals surface area contributed by atoms with Gasteiger partial charge in [-0.2, -0.15) is 17.6 Å². The molecule has 0 saturated carbocycles. The lowest BCUT2D eigenvalue weighted by atomic mass is 9.76. The maximum Gasteiger partial charge on any atom is 0.417 e. The highest BCUT2D eigenvalue weighted by Gasteiger charge is 2.65. The van der Waals surface area contributed by atoms with Gasteiger partial charge in [-0.05, 0) is 51.8 Å². The molecule has 170 valence electrons. The Kier molecular flexibility index (Phi) is 6.36. The van der Waals surface area contributed by atoms with E-state index in [2.05, 4.69) is 36.8 Å². The number of halogens is 7. The van der Waals surface area contributed by atoms with E-state index in [0.717, 1.165) is 20.1 Å². The molecule has 2 aromatic rings. The fourth-order valence-electron chi connectivity index (χ4n) is 3.96. The van der Waals surface area contributed by atoms with Crippen molar-refractivity contribution >= 4 is 31.9 Å². The summed E-state index contributed by atoms with van der Waals surface area (Å²) in [5, 5.41) is 0. The second kappa shape index (κ2) is 8.15. The zero-order chi connectivity index (χ0) is 23.5. The quantitative estimate of drug-likeness (QED) is 0.437. The first kappa shape index (κ1) is 24.2. The maximum absolute atomic E-state index is 14.4. The molecule has 1 aromatic heterocycles. The number of benzene rings is 1. The molecule has 0 amide bonds. The summed E-state index contributed by atoms with van der Waals surface area (Å²) in [5.74, 6) is -5.38. The van der Waals surface area contributed by atoms with Crippen molar-refractivity contribution in [2.45, 2.75) is 44.6 Å². The van der Waals surface area contributed by atoms with Gasteiger partial charge in [-0.15, -0.1) is 0 Å². The number of H-pyrrole nitrogens is 1. The van der Waals surface area contributed by atoms with Crippen LogP contribution in [0.5, 0.6) is 5.75 Å². The van der Waals surface area contributed by atoms with Crippen molar-refractivity contribution in [1.82, 2.24) is 4.98 Å². The van der Waals surface area contributed by atoms with E-state index in [0.29, 0.717) is 5.69 Å². The summed E-state index contributed by atoms with van der Waals surface area (Å²) in [7, 11) is 1.10. The van der Waals surface area contributed by atoms with Crippen molar-refractivity contribution in [1.29, 1.82) is 0 Å². The predicted molar refractivity (Wildman–Crippen MR) is 110 cm³/mol. The summed E-state index contributed by atoms with van der Waals surface area (Å²) in [4.78, 5) is 15.5. The molecule has 1 fully saturated rings. The van der Waals surface area contributed by atoms with E-state index in [9.17, 15) is 26.7 Å². The Hall–Kier alpha value is -1.46. The molecule has 2 heterocycles. The number of pyridine rings is 1. The van der Waals surface area contributed by atoms with Crippen LogP contribution in [0.15, 0.2) is 25.9 Å². The number of ether oxygens (including phenoxy) is 2. The van der Waals surface area contributed by atoms with Crippen LogP contribution in [0.1, 0.15) is 42.8 Å². The molecular weight excluding hydrogens is 557 g/mol. The van der Waals surface area contributed by atoms with Gasteiger partial charge in [-0.3, -0.25) is 4.79 Å². The van der Waals surface area contributed by atoms with Gasteiger partial charge in [0.05, 0.1) is 21.7 Å². The number of aromatic nitrogens is 1. The van der Waals surface area contributed by atoms with Crippen molar-refractivity contribution in [3.05, 3.63) is 59.9 Å². The normalized spacial score (nSPS) is 26.4. The molecule has 1 N–H and O–H groups in total. The number of methoxy groups -OCH3 is 1. The molecule has 1 saturated heterocycles. The van der Waals surface area contributed by atoms with Crippen molar-refractivity contribution in [2.24, 2.45) is 5.92 Å². The van der Waals surface area contributed by atoms with Crippen LogP contribution in [0.25, 0.3) is 0 Å². The molecule has 0 bridgehead atoms. The summed E-state index contributed by atoms with van der Waals surface area (Å²) < 4.78 is 81.1. The van der Waals surface area contributed by atoms with Gasteiger partial charge in [-0.25, -0.2) is 4.39 Å². The zero-order valence-corrected chi connectivity index (χ0v) is 19.9. The fourth-order valence-corrected chi connectivity index (χ4v) is 5.05. The van der Waals surface area contributed by atoms with Crippen LogP contribution in [-0.2, 0) is 4.74 Å². The van der Waals surface area contributed by atoms with Crippen LogP contribution in [0.3, 0.4) is 0 Å². The first-order valence-electron chi connectivity index (χ1n) is 9.10. The van der Waals surface area contributed by atoms with Crippen molar-refractivity contribution in [2.75, 3.05) is 7.11 Å². The van der Waals surface area contributed by atoms with Crippen LogP contribution in [0, 0.1) is 24.5 Å². The zero-order valence-electron chi connectivity index (χ0n) is 16.8. The molecule has 1 aliphatic heterocycles. The molecule has 4 nitrogen and oxygen atoms in total. The molecule has 31 heavy (non-hydrogen) atoms. The van der Waals surface area contributed by atoms with E-state index in [1.165, 1.54) is 13.0 Å². The van der Waals surface area contributed by atoms with Crippen LogP contribution in [-0.4, -0.2) is 23.9 Å². The third-order valence-electron chi connectivity index (χ3n) is 5.88. The summed E-state index contributed by atoms with van der Waals surface area (Å²) in [5.41, 5.74) is -2.69. The van der Waals surface area contributed by atoms with Crippen LogP contribution < -0.4 is 10.2 Å². The van der Waals surface area contributed by atoms with E-state index < -0.39 is 52.5 Å². The van der Waals surface area contributed by atoms with E-state index in [1.54, 1.807) is 6.92 Å². The topological polar surface area (TPSA) is 51.3 Å². The first-order chi connectivity index (χ1) is 14.3. The third-order valence-corrected chi connectivity index (χ3v) is 7.63. The first-order valence-corrected chi connectivity index (χ1v) is 10.7. The molecule has 1 aromatic carbocycles. The van der Waals surface area contributed by atoms with Gasteiger partial charge in [0, 0.05) is 23.1 Å². The average molecular weight is 575 g/mol. The standard InChI is InChI=1S/C20H18Br2F5NO3/c1-7-11(9-5-6-10(23)14(24)17(9)30-4)18(31-19(7,3)20(25,26)27)15-13(22)16(29)12(21)8(2)28-15/h5-7,11,18H,1-4H3,(H,28,29)/t7-,11-,18+,19+/m0/s1. The van der Waals surface area contributed by atoms with E-state index in [4.69, 9.17) is 9.47 Å². The highest BCUT2D eigenvalue weighted by molar-refractivity contribution is 9.11. The number of hydrogen-bond donors (Lipinski definition) is 1. The highest BCUT2D eigenvalue weighted by atomic mass is 79.9. The van der Waals surface area contributed by atoms with Crippen molar-refractivity contribution < 1.29 is 31.4 Å². The highest BCUT2D eigenvalue weighted by Crippen LogP contribution is 2.59. The Labute approximate surface area is 191 Å². The lowest BCUT2D eigenvalue weighted by Crippen LogP contribution is -2.46. The maximum atomic E-state index is 14.4. The number of hydrogen-bond acceptors (Lipinski definition) is 3. The predicted octanol–water partition coefficient (Wildman–Crippen LogP) is 6.31. The largest absolute Gasteiger partial charge is 0.493 e. The Balaban J connectivity index is 2.32. The van der Waals surface area contributed by atoms with Crippen molar-refractivity contribution in [3.8, 4) is 5.75 Å². The summed E-state index contributed by atoms with van der Waals surface area (Å²) in [6, 6.07) is 2.00. The molecule has 0 spiro atoms. The molecule has 0 unspecified atom stereocenters. The molecule has 0 aliphatic carbocycles. The number of aryl methyl sites for hydroxylation is 1. The lowest BCUT2D eigenvalue weighted by Gasteiger charge is -2.32. The number of nitrogens with one attached hydrogen (secondary N) is 1. The summed E-state index contributed by atoms with van der Waals surface area (Å²) in [6.07, 6.45) is -6.11. The summed E-state index contributed by atoms with van der Waals surface area (Å²) in [6.45, 7) is 3.78. The Morgan fingerprint density at radius 2 is 1.81 bits per heavy atom. The van der Waals surface area contributed by atoms with Gasteiger partial charge < -0.3 is 14.5 Å². The average Bonchev–Trinajstić information content (AvgIpc) is 2.97. The molecule has 0 radical (unpaired) electrons. The molecule has 4 atom stereocenters. The van der Waals surface area contributed by atoms with E-state index in [-0.39, 0.29) is 20.2 Å². The monoisotopic (exact) mass is 573 g/mol.